The summed E-state index contributed by atoms with van der Waals surface area (Å²) in [5, 5.41) is 25.5. The van der Waals surface area contributed by atoms with Gasteiger partial charge in [-0.1, -0.05) is 0 Å². The average molecular weight is 295 g/mol. The number of carbonyl (C=O) groups excluding carboxylic acids is 1. The minimum Gasteiger partial charge on any atom is -0.480 e. The van der Waals surface area contributed by atoms with Gasteiger partial charge >= 0.3 is 12.0 Å². The lowest BCUT2D eigenvalue weighted by atomic mass is 10.2. The van der Waals surface area contributed by atoms with E-state index in [9.17, 15) is 23.1 Å². The lowest BCUT2D eigenvalue weighted by molar-refractivity contribution is -0.141. The van der Waals surface area contributed by atoms with Crippen molar-refractivity contribution in [3.8, 4) is 0 Å². The molecule has 9 nitrogen and oxygen atoms in total. The van der Waals surface area contributed by atoms with Crippen LogP contribution in [0.4, 0.5) is 4.79 Å². The zero-order valence-corrected chi connectivity index (χ0v) is 11.0. The molecule has 1 aliphatic heterocycles. The van der Waals surface area contributed by atoms with Crippen LogP contribution in [0.2, 0.25) is 0 Å². The number of primary sulfonamides is 1. The van der Waals surface area contributed by atoms with Crippen LogP contribution in [0.1, 0.15) is 12.8 Å². The number of carboxylic acid groups (broad SMARTS) is 1. The Hall–Kier alpha value is -1.39. The first kappa shape index (κ1) is 15.7. The van der Waals surface area contributed by atoms with Gasteiger partial charge < -0.3 is 20.4 Å². The highest BCUT2D eigenvalue weighted by Gasteiger charge is 2.38. The molecular formula is C9H17N3O6S. The number of carbonyl (C=O) groups is 2. The predicted molar refractivity (Wildman–Crippen MR) is 64.7 cm³/mol. The van der Waals surface area contributed by atoms with Crippen LogP contribution in [0.25, 0.3) is 0 Å². The zero-order chi connectivity index (χ0) is 14.6. The molecule has 0 aliphatic carbocycles. The maximum atomic E-state index is 11.7. The number of urea groups is 1. The number of sulfonamides is 1. The van der Waals surface area contributed by atoms with Crippen molar-refractivity contribution in [2.24, 2.45) is 5.14 Å². The second kappa shape index (κ2) is 6.17. The molecule has 2 amide bonds. The fraction of sp³-hybridized carbons (Fsp3) is 0.778. The van der Waals surface area contributed by atoms with Crippen LogP contribution < -0.4 is 10.5 Å². The maximum Gasteiger partial charge on any atom is 0.326 e. The summed E-state index contributed by atoms with van der Waals surface area (Å²) in [7, 11) is -3.57. The zero-order valence-electron chi connectivity index (χ0n) is 10.2. The summed E-state index contributed by atoms with van der Waals surface area (Å²) in [6.07, 6.45) is -0.741. The third kappa shape index (κ3) is 5.01. The molecular weight excluding hydrogens is 278 g/mol. The van der Waals surface area contributed by atoms with E-state index in [-0.39, 0.29) is 31.7 Å². The Morgan fingerprint density at radius 2 is 2.05 bits per heavy atom. The predicted octanol–water partition coefficient (Wildman–Crippen LogP) is -2.11. The smallest absolute Gasteiger partial charge is 0.326 e. The quantitative estimate of drug-likeness (QED) is 0.426. The molecule has 1 aliphatic rings. The van der Waals surface area contributed by atoms with Gasteiger partial charge in [-0.25, -0.2) is 23.1 Å². The summed E-state index contributed by atoms with van der Waals surface area (Å²) in [6, 6.07) is -1.70. The molecule has 1 heterocycles. The number of nitrogens with two attached hydrogens (primary N) is 1. The van der Waals surface area contributed by atoms with E-state index in [1.165, 1.54) is 0 Å². The normalized spacial score (nSPS) is 23.4. The Bertz CT molecular complexity index is 451. The minimum atomic E-state index is -3.57. The molecule has 0 aromatic heterocycles. The lowest BCUT2D eigenvalue weighted by Crippen LogP contribution is -2.46. The molecule has 0 saturated carbocycles. The number of hydrogen-bond donors (Lipinski definition) is 4. The van der Waals surface area contributed by atoms with Crippen LogP contribution in [-0.4, -0.2) is 66.5 Å². The van der Waals surface area contributed by atoms with E-state index in [2.05, 4.69) is 5.32 Å². The molecule has 0 spiro atoms. The topological polar surface area (TPSA) is 150 Å². The second-order valence-electron chi connectivity index (χ2n) is 4.35. The lowest BCUT2D eigenvalue weighted by Gasteiger charge is -2.21. The Kier molecular flexibility index (Phi) is 5.09. The molecule has 5 N–H and O–H groups in total. The molecule has 10 heteroatoms. The SMILES string of the molecule is NS(=O)(=O)CCCNC(=O)N1C[C@@H](O)C[C@H]1C(=O)O. The largest absolute Gasteiger partial charge is 0.480 e. The number of carboxylic acids is 1. The van der Waals surface area contributed by atoms with Crippen molar-refractivity contribution in [3.63, 3.8) is 0 Å². The van der Waals surface area contributed by atoms with Gasteiger partial charge in [-0.2, -0.15) is 0 Å². The van der Waals surface area contributed by atoms with Gasteiger partial charge in [0.15, 0.2) is 0 Å². The summed E-state index contributed by atoms with van der Waals surface area (Å²) < 4.78 is 21.3. The number of likely N-dealkylation sites (tertiary alicyclic amines) is 1. The summed E-state index contributed by atoms with van der Waals surface area (Å²) in [6.45, 7) is 0.00614. The standard InChI is InChI=1S/C9H17N3O6S/c10-19(17,18)3-1-2-11-9(16)12-5-6(13)4-7(12)8(14)15/h6-7,13H,1-5H2,(H,11,16)(H,14,15)(H2,10,17,18)/t6-,7-/m0/s1. The van der Waals surface area contributed by atoms with E-state index < -0.39 is 34.2 Å². The van der Waals surface area contributed by atoms with Gasteiger partial charge in [0.1, 0.15) is 6.04 Å². The monoisotopic (exact) mass is 295 g/mol. The van der Waals surface area contributed by atoms with Crippen molar-refractivity contribution in [3.05, 3.63) is 0 Å². The van der Waals surface area contributed by atoms with Crippen molar-refractivity contribution in [2.45, 2.75) is 25.0 Å². The van der Waals surface area contributed by atoms with Gasteiger partial charge in [0.2, 0.25) is 10.0 Å². The Morgan fingerprint density at radius 3 is 2.58 bits per heavy atom. The third-order valence-corrected chi connectivity index (χ3v) is 3.56. The first-order chi connectivity index (χ1) is 8.70. The molecule has 1 fully saturated rings. The summed E-state index contributed by atoms with van der Waals surface area (Å²) in [5.41, 5.74) is 0. The van der Waals surface area contributed by atoms with Crippen molar-refractivity contribution in [1.29, 1.82) is 0 Å². The van der Waals surface area contributed by atoms with E-state index in [0.29, 0.717) is 0 Å². The number of rotatable bonds is 5. The van der Waals surface area contributed by atoms with Gasteiger partial charge in [-0.05, 0) is 6.42 Å². The molecule has 1 saturated heterocycles. The number of aliphatic carboxylic acids is 1. The van der Waals surface area contributed by atoms with Crippen LogP contribution in [-0.2, 0) is 14.8 Å². The third-order valence-electron chi connectivity index (χ3n) is 2.71. The molecule has 110 valence electrons. The first-order valence-corrected chi connectivity index (χ1v) is 7.38. The molecule has 19 heavy (non-hydrogen) atoms. The fourth-order valence-electron chi connectivity index (χ4n) is 1.84. The highest BCUT2D eigenvalue weighted by molar-refractivity contribution is 7.89. The number of hydrogen-bond acceptors (Lipinski definition) is 5. The van der Waals surface area contributed by atoms with Crippen LogP contribution in [0, 0.1) is 0 Å². The summed E-state index contributed by atoms with van der Waals surface area (Å²) >= 11 is 0. The first-order valence-electron chi connectivity index (χ1n) is 5.66. The van der Waals surface area contributed by atoms with E-state index >= 15 is 0 Å². The molecule has 0 bridgehead atoms. The second-order valence-corrected chi connectivity index (χ2v) is 6.08. The van der Waals surface area contributed by atoms with Crippen LogP contribution >= 0.6 is 0 Å². The highest BCUT2D eigenvalue weighted by atomic mass is 32.2. The molecule has 0 aromatic rings. The van der Waals surface area contributed by atoms with E-state index in [1.54, 1.807) is 0 Å². The molecule has 1 rings (SSSR count). The number of nitrogens with one attached hydrogen (secondary N) is 1. The van der Waals surface area contributed by atoms with Crippen LogP contribution in [0.3, 0.4) is 0 Å². The fourth-order valence-corrected chi connectivity index (χ4v) is 2.39. The number of aliphatic hydroxyl groups excluding tert-OH is 1. The molecule has 2 atom stereocenters. The highest BCUT2D eigenvalue weighted by Crippen LogP contribution is 2.17. The number of amides is 2. The summed E-state index contributed by atoms with van der Waals surface area (Å²) in [5.74, 6) is -1.45. The van der Waals surface area contributed by atoms with E-state index in [1.807, 2.05) is 0 Å². The van der Waals surface area contributed by atoms with Gasteiger partial charge in [-0.3, -0.25) is 0 Å². The molecule has 0 unspecified atom stereocenters. The Morgan fingerprint density at radius 1 is 1.42 bits per heavy atom. The summed E-state index contributed by atoms with van der Waals surface area (Å²) in [4.78, 5) is 23.6. The van der Waals surface area contributed by atoms with E-state index in [4.69, 9.17) is 10.2 Å². The molecule has 0 aromatic carbocycles. The Balaban J connectivity index is 2.42. The Labute approximate surface area is 110 Å². The van der Waals surface area contributed by atoms with Gasteiger partial charge in [-0.15, -0.1) is 0 Å². The average Bonchev–Trinajstić information content (AvgIpc) is 2.65. The van der Waals surface area contributed by atoms with Crippen molar-refractivity contribution >= 4 is 22.0 Å². The van der Waals surface area contributed by atoms with Crippen molar-refractivity contribution < 1.29 is 28.2 Å². The van der Waals surface area contributed by atoms with Gasteiger partial charge in [0.25, 0.3) is 0 Å². The number of β-amino-alcohol motifs (C(OH)–C–C–N with tert-alkyl or cyclic N) is 1. The number of nitrogens with zero attached hydrogens (tertiary/aromatic N) is 1. The van der Waals surface area contributed by atoms with Gasteiger partial charge in [0.05, 0.1) is 11.9 Å². The minimum absolute atomic E-state index is 0.0140. The van der Waals surface area contributed by atoms with Crippen LogP contribution in [0.15, 0.2) is 0 Å². The molecule has 0 radical (unpaired) electrons. The van der Waals surface area contributed by atoms with Crippen LogP contribution in [0.5, 0.6) is 0 Å². The maximum absolute atomic E-state index is 11.7. The van der Waals surface area contributed by atoms with Crippen molar-refractivity contribution in [1.82, 2.24) is 10.2 Å². The van der Waals surface area contributed by atoms with E-state index in [0.717, 1.165) is 4.90 Å². The van der Waals surface area contributed by atoms with Gasteiger partial charge in [0, 0.05) is 19.5 Å². The number of aliphatic hydroxyl groups is 1. The van der Waals surface area contributed by atoms with Crippen molar-refractivity contribution in [2.75, 3.05) is 18.8 Å².